The van der Waals surface area contributed by atoms with Crippen LogP contribution in [0.5, 0.6) is 0 Å². The van der Waals surface area contributed by atoms with E-state index in [9.17, 15) is 0 Å². The van der Waals surface area contributed by atoms with Gasteiger partial charge in [0.2, 0.25) is 0 Å². The molecule has 2 nitrogen and oxygen atoms in total. The van der Waals surface area contributed by atoms with Gasteiger partial charge in [-0.15, -0.1) is 0 Å². The van der Waals surface area contributed by atoms with Gasteiger partial charge in [0, 0.05) is 13.2 Å². The van der Waals surface area contributed by atoms with Crippen molar-refractivity contribution >= 4 is 0 Å². The first-order valence-corrected chi connectivity index (χ1v) is 10.2. The van der Waals surface area contributed by atoms with Crippen LogP contribution in [0.25, 0.3) is 0 Å². The topological polar surface area (TPSA) is 18.5 Å². The molecule has 2 heteroatoms. The molecule has 0 bridgehead atoms. The van der Waals surface area contributed by atoms with Crippen molar-refractivity contribution < 1.29 is 9.47 Å². The molecule has 0 heterocycles. The van der Waals surface area contributed by atoms with E-state index in [1.54, 1.807) is 0 Å². The Morgan fingerprint density at radius 1 is 0.783 bits per heavy atom. The lowest BCUT2D eigenvalue weighted by Crippen LogP contribution is -2.28. The Labute approximate surface area is 144 Å². The summed E-state index contributed by atoms with van der Waals surface area (Å²) < 4.78 is 11.3. The Hall–Kier alpha value is -0.500. The molecule has 0 N–H and O–H groups in total. The second kappa shape index (κ2) is 11.1. The third-order valence-corrected chi connectivity index (χ3v) is 5.99. The first-order chi connectivity index (χ1) is 11.3. The lowest BCUT2D eigenvalue weighted by atomic mass is 9.69. The van der Waals surface area contributed by atoms with Gasteiger partial charge in [0.25, 0.3) is 0 Å². The number of ether oxygens (including phenoxy) is 2. The summed E-state index contributed by atoms with van der Waals surface area (Å²) in [6.07, 6.45) is 17.8. The molecule has 0 aliphatic heterocycles. The molecule has 0 unspecified atom stereocenters. The van der Waals surface area contributed by atoms with E-state index in [-0.39, 0.29) is 0 Å². The van der Waals surface area contributed by atoms with E-state index in [1.807, 2.05) is 6.26 Å². The van der Waals surface area contributed by atoms with Gasteiger partial charge >= 0.3 is 0 Å². The summed E-state index contributed by atoms with van der Waals surface area (Å²) in [4.78, 5) is 0. The normalized spacial score (nSPS) is 32.3. The van der Waals surface area contributed by atoms with Gasteiger partial charge in [-0.2, -0.15) is 0 Å². The number of hydrogen-bond donors (Lipinski definition) is 0. The standard InChI is InChI=1S/C21H38O2/c1-3-5-6-15-23-17-19-9-13-21(14-10-19)20-11-7-18(8-12-20)16-22-4-2/h6,15,18-21H,3-5,7-14,16-17H2,1-2H3/b15-6-/t18-,19?,20-,21?. The van der Waals surface area contributed by atoms with Crippen LogP contribution in [0.3, 0.4) is 0 Å². The molecule has 2 aliphatic carbocycles. The van der Waals surface area contributed by atoms with Gasteiger partial charge in [-0.1, -0.05) is 13.3 Å². The van der Waals surface area contributed by atoms with E-state index in [0.29, 0.717) is 0 Å². The summed E-state index contributed by atoms with van der Waals surface area (Å²) in [5.41, 5.74) is 0. The minimum atomic E-state index is 0.798. The van der Waals surface area contributed by atoms with Gasteiger partial charge in [-0.25, -0.2) is 0 Å². The monoisotopic (exact) mass is 322 g/mol. The van der Waals surface area contributed by atoms with Crippen LogP contribution in [-0.4, -0.2) is 19.8 Å². The number of hydrogen-bond acceptors (Lipinski definition) is 2. The highest BCUT2D eigenvalue weighted by Crippen LogP contribution is 2.41. The van der Waals surface area contributed by atoms with Gasteiger partial charge in [-0.05, 0) is 94.5 Å². The van der Waals surface area contributed by atoms with Crippen LogP contribution in [0, 0.1) is 23.7 Å². The molecule has 0 radical (unpaired) electrons. The van der Waals surface area contributed by atoms with E-state index >= 15 is 0 Å². The molecule has 134 valence electrons. The van der Waals surface area contributed by atoms with E-state index in [1.165, 1.54) is 57.8 Å². The third-order valence-electron chi connectivity index (χ3n) is 5.99. The van der Waals surface area contributed by atoms with Gasteiger partial charge < -0.3 is 9.47 Å². The summed E-state index contributed by atoms with van der Waals surface area (Å²) in [6, 6.07) is 0. The van der Waals surface area contributed by atoms with Crippen LogP contribution >= 0.6 is 0 Å². The fourth-order valence-corrected chi connectivity index (χ4v) is 4.43. The van der Waals surface area contributed by atoms with E-state index in [0.717, 1.165) is 49.9 Å². The first-order valence-electron chi connectivity index (χ1n) is 10.2. The van der Waals surface area contributed by atoms with Crippen molar-refractivity contribution in [2.24, 2.45) is 23.7 Å². The Kier molecular flexibility index (Phi) is 9.11. The molecule has 0 aromatic heterocycles. The van der Waals surface area contributed by atoms with Crippen molar-refractivity contribution in [1.82, 2.24) is 0 Å². The largest absolute Gasteiger partial charge is 0.501 e. The number of rotatable bonds is 9. The molecular formula is C21H38O2. The predicted molar refractivity (Wildman–Crippen MR) is 97.4 cm³/mol. The summed E-state index contributed by atoms with van der Waals surface area (Å²) in [5.74, 6) is 3.63. The highest BCUT2D eigenvalue weighted by atomic mass is 16.5. The highest BCUT2D eigenvalue weighted by Gasteiger charge is 2.30. The molecule has 0 aromatic carbocycles. The van der Waals surface area contributed by atoms with E-state index < -0.39 is 0 Å². The predicted octanol–water partition coefficient (Wildman–Crippen LogP) is 5.97. The molecule has 0 spiro atoms. The van der Waals surface area contributed by atoms with Crippen molar-refractivity contribution in [3.05, 3.63) is 12.3 Å². The Balaban J connectivity index is 1.58. The van der Waals surface area contributed by atoms with Gasteiger partial charge in [0.05, 0.1) is 12.9 Å². The van der Waals surface area contributed by atoms with Crippen molar-refractivity contribution in [3.63, 3.8) is 0 Å². The molecule has 2 aliphatic rings. The second-order valence-corrected chi connectivity index (χ2v) is 7.71. The molecule has 0 saturated heterocycles. The highest BCUT2D eigenvalue weighted by molar-refractivity contribution is 4.82. The lowest BCUT2D eigenvalue weighted by Gasteiger charge is -2.37. The third kappa shape index (κ3) is 6.87. The fourth-order valence-electron chi connectivity index (χ4n) is 4.43. The minimum Gasteiger partial charge on any atom is -0.501 e. The molecule has 23 heavy (non-hydrogen) atoms. The van der Waals surface area contributed by atoms with Crippen molar-refractivity contribution in [2.45, 2.75) is 78.1 Å². The lowest BCUT2D eigenvalue weighted by molar-refractivity contribution is 0.0668. The maximum absolute atomic E-state index is 5.71. The molecule has 0 aromatic rings. The smallest absolute Gasteiger partial charge is 0.0901 e. The van der Waals surface area contributed by atoms with Gasteiger partial charge in [0.15, 0.2) is 0 Å². The molecular weight excluding hydrogens is 284 g/mol. The number of allylic oxidation sites excluding steroid dienone is 1. The Bertz CT molecular complexity index is 310. The van der Waals surface area contributed by atoms with Crippen LogP contribution in [0.15, 0.2) is 12.3 Å². The van der Waals surface area contributed by atoms with Gasteiger partial charge in [-0.3, -0.25) is 0 Å². The zero-order valence-corrected chi connectivity index (χ0v) is 15.5. The summed E-state index contributed by atoms with van der Waals surface area (Å²) >= 11 is 0. The molecule has 0 amide bonds. The summed E-state index contributed by atoms with van der Waals surface area (Å²) in [6.45, 7) is 7.12. The van der Waals surface area contributed by atoms with E-state index in [2.05, 4.69) is 19.9 Å². The zero-order valence-electron chi connectivity index (χ0n) is 15.5. The fraction of sp³-hybridized carbons (Fsp3) is 0.905. The summed E-state index contributed by atoms with van der Waals surface area (Å²) in [7, 11) is 0. The maximum Gasteiger partial charge on any atom is 0.0901 e. The van der Waals surface area contributed by atoms with Crippen LogP contribution < -0.4 is 0 Å². The minimum absolute atomic E-state index is 0.798. The maximum atomic E-state index is 5.71. The molecule has 2 rings (SSSR count). The average molecular weight is 323 g/mol. The Morgan fingerprint density at radius 3 is 1.87 bits per heavy atom. The quantitative estimate of drug-likeness (QED) is 0.487. The van der Waals surface area contributed by atoms with Crippen molar-refractivity contribution in [1.29, 1.82) is 0 Å². The first kappa shape index (κ1) is 18.8. The van der Waals surface area contributed by atoms with Crippen molar-refractivity contribution in [2.75, 3.05) is 19.8 Å². The SMILES string of the molecule is CCC/C=C\OCC1CCC([C@H]2CC[C@H](COCC)CC2)CC1. The second-order valence-electron chi connectivity index (χ2n) is 7.71. The summed E-state index contributed by atoms with van der Waals surface area (Å²) in [5, 5.41) is 0. The van der Waals surface area contributed by atoms with Gasteiger partial charge in [0.1, 0.15) is 0 Å². The average Bonchev–Trinajstić information content (AvgIpc) is 2.61. The van der Waals surface area contributed by atoms with Crippen LogP contribution in [0.2, 0.25) is 0 Å². The molecule has 2 saturated carbocycles. The van der Waals surface area contributed by atoms with Crippen LogP contribution in [0.4, 0.5) is 0 Å². The van der Waals surface area contributed by atoms with E-state index in [4.69, 9.17) is 9.47 Å². The molecule has 2 fully saturated rings. The zero-order chi connectivity index (χ0) is 16.3. The van der Waals surface area contributed by atoms with Crippen molar-refractivity contribution in [3.8, 4) is 0 Å². The Morgan fingerprint density at radius 2 is 1.35 bits per heavy atom. The number of unbranched alkanes of at least 4 members (excludes halogenated alkanes) is 1. The van der Waals surface area contributed by atoms with Crippen LogP contribution in [0.1, 0.15) is 78.1 Å². The molecule has 0 atom stereocenters. The van der Waals surface area contributed by atoms with Crippen LogP contribution in [-0.2, 0) is 9.47 Å².